The number of sulfonamides is 1. The van der Waals surface area contributed by atoms with E-state index in [4.69, 9.17) is 33.3 Å². The van der Waals surface area contributed by atoms with Crippen LogP contribution in [0.25, 0.3) is 0 Å². The Morgan fingerprint density at radius 2 is 1.90 bits per heavy atom. The van der Waals surface area contributed by atoms with E-state index in [1.807, 2.05) is 0 Å². The maximum Gasteiger partial charge on any atom is 0.264 e. The molecule has 2 aromatic carbocycles. The zero-order valence-corrected chi connectivity index (χ0v) is 19.4. The number of thiocarbonyl (C=S) groups is 1. The number of rotatable bonds is 8. The second-order valence-corrected chi connectivity index (χ2v) is 9.30. The summed E-state index contributed by atoms with van der Waals surface area (Å²) in [5.74, 6) is 0.410. The van der Waals surface area contributed by atoms with Gasteiger partial charge in [-0.15, -0.1) is 0 Å². The van der Waals surface area contributed by atoms with Gasteiger partial charge in [-0.1, -0.05) is 11.6 Å². The van der Waals surface area contributed by atoms with Gasteiger partial charge in [-0.2, -0.15) is 0 Å². The number of hydrogen-bond donors (Lipinski definition) is 3. The molecule has 0 radical (unpaired) electrons. The molecule has 1 fully saturated rings. The van der Waals surface area contributed by atoms with Crippen LogP contribution >= 0.6 is 23.8 Å². The molecule has 168 valence electrons. The average molecular weight is 485 g/mol. The highest BCUT2D eigenvalue weighted by Crippen LogP contribution is 2.28. The lowest BCUT2D eigenvalue weighted by atomic mass is 10.3. The SMILES string of the molecule is COc1ccc(NC(=S)NCCN2CCOCC2)c(S(=O)(=O)Nc2ccc(Cl)cc2)c1. The average Bonchev–Trinajstić information content (AvgIpc) is 2.76. The minimum absolute atomic E-state index is 0.0131. The number of methoxy groups -OCH3 is 1. The van der Waals surface area contributed by atoms with Crippen molar-refractivity contribution >= 4 is 50.3 Å². The van der Waals surface area contributed by atoms with Crippen LogP contribution in [0.2, 0.25) is 5.02 Å². The van der Waals surface area contributed by atoms with Gasteiger partial charge in [-0.05, 0) is 48.6 Å². The molecular formula is C20H25ClN4O4S2. The predicted octanol–water partition coefficient (Wildman–Crippen LogP) is 2.77. The lowest BCUT2D eigenvalue weighted by molar-refractivity contribution is 0.0389. The summed E-state index contributed by atoms with van der Waals surface area (Å²) < 4.78 is 39.2. The van der Waals surface area contributed by atoms with E-state index < -0.39 is 10.0 Å². The second-order valence-electron chi connectivity index (χ2n) is 6.81. The summed E-state index contributed by atoms with van der Waals surface area (Å²) in [5, 5.41) is 6.95. The molecule has 0 spiro atoms. The van der Waals surface area contributed by atoms with E-state index in [1.165, 1.54) is 13.2 Å². The number of ether oxygens (including phenoxy) is 2. The van der Waals surface area contributed by atoms with Crippen molar-refractivity contribution in [3.05, 3.63) is 47.5 Å². The third-order valence-electron chi connectivity index (χ3n) is 4.64. The van der Waals surface area contributed by atoms with Crippen LogP contribution in [0.4, 0.5) is 11.4 Å². The van der Waals surface area contributed by atoms with Crippen LogP contribution in [0, 0.1) is 0 Å². The fourth-order valence-electron chi connectivity index (χ4n) is 3.00. The molecule has 3 rings (SSSR count). The molecule has 0 amide bonds. The van der Waals surface area contributed by atoms with Gasteiger partial charge in [0.25, 0.3) is 10.0 Å². The number of benzene rings is 2. The molecule has 11 heteroatoms. The monoisotopic (exact) mass is 484 g/mol. The van der Waals surface area contributed by atoms with Crippen LogP contribution in [0.3, 0.4) is 0 Å². The Bertz CT molecular complexity index is 997. The maximum atomic E-state index is 13.1. The molecule has 2 aromatic rings. The lowest BCUT2D eigenvalue weighted by Gasteiger charge is -2.26. The van der Waals surface area contributed by atoms with Crippen molar-refractivity contribution in [1.82, 2.24) is 10.2 Å². The van der Waals surface area contributed by atoms with Crippen LogP contribution in [0.5, 0.6) is 5.75 Å². The third-order valence-corrected chi connectivity index (χ3v) is 6.56. The minimum Gasteiger partial charge on any atom is -0.497 e. The number of nitrogens with zero attached hydrogens (tertiary/aromatic N) is 1. The molecule has 1 aliphatic rings. The fourth-order valence-corrected chi connectivity index (χ4v) is 4.58. The van der Waals surface area contributed by atoms with Crippen LogP contribution < -0.4 is 20.1 Å². The van der Waals surface area contributed by atoms with Gasteiger partial charge < -0.3 is 20.1 Å². The highest BCUT2D eigenvalue weighted by atomic mass is 35.5. The molecule has 0 unspecified atom stereocenters. The largest absolute Gasteiger partial charge is 0.497 e. The van der Waals surface area contributed by atoms with E-state index in [2.05, 4.69) is 20.3 Å². The van der Waals surface area contributed by atoms with Crippen LogP contribution in [0.15, 0.2) is 47.4 Å². The van der Waals surface area contributed by atoms with Gasteiger partial charge in [0.1, 0.15) is 10.6 Å². The first-order valence-electron chi connectivity index (χ1n) is 9.69. The van der Waals surface area contributed by atoms with E-state index in [9.17, 15) is 8.42 Å². The fraction of sp³-hybridized carbons (Fsp3) is 0.350. The number of morpholine rings is 1. The van der Waals surface area contributed by atoms with Crippen molar-refractivity contribution in [3.8, 4) is 5.75 Å². The predicted molar refractivity (Wildman–Crippen MR) is 127 cm³/mol. The Balaban J connectivity index is 1.69. The van der Waals surface area contributed by atoms with Crippen molar-refractivity contribution in [2.75, 3.05) is 56.5 Å². The van der Waals surface area contributed by atoms with E-state index in [1.54, 1.807) is 36.4 Å². The molecule has 0 aromatic heterocycles. The van der Waals surface area contributed by atoms with E-state index in [0.29, 0.717) is 33.8 Å². The van der Waals surface area contributed by atoms with Gasteiger partial charge in [0, 0.05) is 43.0 Å². The van der Waals surface area contributed by atoms with Gasteiger partial charge in [0.15, 0.2) is 5.11 Å². The van der Waals surface area contributed by atoms with Crippen molar-refractivity contribution in [2.45, 2.75) is 4.90 Å². The van der Waals surface area contributed by atoms with Crippen molar-refractivity contribution in [1.29, 1.82) is 0 Å². The van der Waals surface area contributed by atoms with E-state index >= 15 is 0 Å². The topological polar surface area (TPSA) is 91.9 Å². The molecule has 1 aliphatic heterocycles. The molecular weight excluding hydrogens is 460 g/mol. The first kappa shape index (κ1) is 23.6. The standard InChI is InChI=1S/C20H25ClN4O4S2/c1-28-17-6-7-18(23-20(30)22-8-9-25-10-12-29-13-11-25)19(14-17)31(26,27)24-16-4-2-15(21)3-5-16/h2-7,14,24H,8-13H2,1H3,(H2,22,23,30). The summed E-state index contributed by atoms with van der Waals surface area (Å²) in [6.45, 7) is 4.69. The smallest absolute Gasteiger partial charge is 0.264 e. The van der Waals surface area contributed by atoms with Gasteiger partial charge in [0.05, 0.1) is 26.0 Å². The van der Waals surface area contributed by atoms with Gasteiger partial charge >= 0.3 is 0 Å². The van der Waals surface area contributed by atoms with E-state index in [0.717, 1.165) is 32.8 Å². The van der Waals surface area contributed by atoms with Crippen LogP contribution in [-0.2, 0) is 14.8 Å². The van der Waals surface area contributed by atoms with Crippen LogP contribution in [0.1, 0.15) is 0 Å². The number of halogens is 1. The minimum atomic E-state index is -3.92. The summed E-state index contributed by atoms with van der Waals surface area (Å²) in [4.78, 5) is 2.29. The Labute approximate surface area is 192 Å². The van der Waals surface area contributed by atoms with Crippen molar-refractivity contribution in [2.24, 2.45) is 0 Å². The molecule has 8 nitrogen and oxygen atoms in total. The molecule has 0 atom stereocenters. The third kappa shape index (κ3) is 6.94. The molecule has 1 heterocycles. The Morgan fingerprint density at radius 3 is 2.58 bits per heavy atom. The normalized spacial score (nSPS) is 14.6. The van der Waals surface area contributed by atoms with Gasteiger partial charge in [-0.25, -0.2) is 8.42 Å². The summed E-state index contributed by atoms with van der Waals surface area (Å²) >= 11 is 11.2. The highest BCUT2D eigenvalue weighted by Gasteiger charge is 2.21. The molecule has 1 saturated heterocycles. The number of hydrogen-bond acceptors (Lipinski definition) is 6. The summed E-state index contributed by atoms with van der Waals surface area (Å²) in [5.41, 5.74) is 0.732. The molecule has 3 N–H and O–H groups in total. The zero-order valence-electron chi connectivity index (χ0n) is 17.1. The summed E-state index contributed by atoms with van der Waals surface area (Å²) in [6.07, 6.45) is 0. The number of anilines is 2. The van der Waals surface area contributed by atoms with Gasteiger partial charge in [0.2, 0.25) is 0 Å². The second kappa shape index (κ2) is 11.0. The number of nitrogens with one attached hydrogen (secondary N) is 3. The molecule has 0 bridgehead atoms. The van der Waals surface area contributed by atoms with Crippen molar-refractivity contribution in [3.63, 3.8) is 0 Å². The summed E-state index contributed by atoms with van der Waals surface area (Å²) in [7, 11) is -2.44. The van der Waals surface area contributed by atoms with E-state index in [-0.39, 0.29) is 4.90 Å². The Hall–Kier alpha value is -2.11. The Kier molecular flexibility index (Phi) is 8.33. The molecule has 0 saturated carbocycles. The molecule has 31 heavy (non-hydrogen) atoms. The zero-order chi connectivity index (χ0) is 22.3. The van der Waals surface area contributed by atoms with Crippen LogP contribution in [-0.4, -0.2) is 64.9 Å². The van der Waals surface area contributed by atoms with Crippen molar-refractivity contribution < 1.29 is 17.9 Å². The quantitative estimate of drug-likeness (QED) is 0.493. The maximum absolute atomic E-state index is 13.1. The summed E-state index contributed by atoms with van der Waals surface area (Å²) in [6, 6.07) is 11.1. The Morgan fingerprint density at radius 1 is 1.19 bits per heavy atom. The molecule has 0 aliphatic carbocycles. The first-order valence-corrected chi connectivity index (χ1v) is 12.0. The first-order chi connectivity index (χ1) is 14.9. The lowest BCUT2D eigenvalue weighted by Crippen LogP contribution is -2.42. The highest BCUT2D eigenvalue weighted by molar-refractivity contribution is 7.93. The van der Waals surface area contributed by atoms with Gasteiger partial charge in [-0.3, -0.25) is 9.62 Å².